The fourth-order valence-electron chi connectivity index (χ4n) is 1.43. The molecule has 1 heterocycles. The molecule has 0 aromatic carbocycles. The Labute approximate surface area is 106 Å². The van der Waals surface area contributed by atoms with Crippen LogP contribution < -0.4 is 5.32 Å². The highest BCUT2D eigenvalue weighted by atomic mass is 15.3. The molecule has 0 aliphatic rings. The summed E-state index contributed by atoms with van der Waals surface area (Å²) in [6.07, 6.45) is 3.23. The number of aryl methyl sites for hydroxylation is 1. The molecule has 0 saturated heterocycles. The molecule has 0 saturated carbocycles. The second-order valence-electron chi connectivity index (χ2n) is 6.98. The summed E-state index contributed by atoms with van der Waals surface area (Å²) in [6, 6.07) is 2.10. The average Bonchev–Trinajstić information content (AvgIpc) is 2.57. The zero-order valence-electron chi connectivity index (χ0n) is 12.2. The first kappa shape index (κ1) is 14.2. The van der Waals surface area contributed by atoms with Gasteiger partial charge in [-0.05, 0) is 38.7 Å². The smallest absolute Gasteiger partial charge is 0.0762 e. The second kappa shape index (κ2) is 5.21. The van der Waals surface area contributed by atoms with Gasteiger partial charge in [-0.15, -0.1) is 0 Å². The van der Waals surface area contributed by atoms with E-state index in [2.05, 4.69) is 64.2 Å². The van der Waals surface area contributed by atoms with Gasteiger partial charge in [0.15, 0.2) is 0 Å². The number of nitrogens with one attached hydrogen (secondary N) is 1. The largest absolute Gasteiger partial charge is 0.306 e. The molecule has 3 nitrogen and oxygen atoms in total. The van der Waals surface area contributed by atoms with Gasteiger partial charge < -0.3 is 5.32 Å². The van der Waals surface area contributed by atoms with Crippen molar-refractivity contribution in [2.24, 2.45) is 5.41 Å². The summed E-state index contributed by atoms with van der Waals surface area (Å²) in [6.45, 7) is 15.1. The lowest BCUT2D eigenvalue weighted by atomic mass is 9.92. The van der Waals surface area contributed by atoms with E-state index in [-0.39, 0.29) is 5.54 Å². The summed E-state index contributed by atoms with van der Waals surface area (Å²) >= 11 is 0. The van der Waals surface area contributed by atoms with Gasteiger partial charge in [-0.25, -0.2) is 0 Å². The maximum absolute atomic E-state index is 4.57. The Bertz CT molecular complexity index is 307. The van der Waals surface area contributed by atoms with Crippen molar-refractivity contribution in [1.29, 1.82) is 0 Å². The van der Waals surface area contributed by atoms with Crippen LogP contribution in [0.4, 0.5) is 0 Å². The Morgan fingerprint density at radius 1 is 1.18 bits per heavy atom. The van der Waals surface area contributed by atoms with E-state index in [0.29, 0.717) is 5.41 Å². The Morgan fingerprint density at radius 2 is 1.82 bits per heavy atom. The molecule has 1 N–H and O–H groups in total. The number of rotatable bonds is 4. The van der Waals surface area contributed by atoms with Gasteiger partial charge in [0.2, 0.25) is 0 Å². The molecular formula is C14H27N3. The van der Waals surface area contributed by atoms with Crippen LogP contribution in [0.1, 0.15) is 53.7 Å². The zero-order chi connectivity index (χ0) is 13.1. The van der Waals surface area contributed by atoms with E-state index in [4.69, 9.17) is 0 Å². The first-order valence-electron chi connectivity index (χ1n) is 6.43. The van der Waals surface area contributed by atoms with Crippen LogP contribution in [-0.4, -0.2) is 15.3 Å². The maximum Gasteiger partial charge on any atom is 0.0762 e. The average molecular weight is 237 g/mol. The van der Waals surface area contributed by atoms with Crippen LogP contribution in [0.3, 0.4) is 0 Å². The molecule has 0 amide bonds. The number of aromatic nitrogens is 2. The van der Waals surface area contributed by atoms with Gasteiger partial charge in [0.05, 0.1) is 5.69 Å². The van der Waals surface area contributed by atoms with Gasteiger partial charge in [0, 0.05) is 24.8 Å². The molecule has 0 spiro atoms. The van der Waals surface area contributed by atoms with Crippen LogP contribution in [0.5, 0.6) is 0 Å². The zero-order valence-corrected chi connectivity index (χ0v) is 12.2. The molecule has 17 heavy (non-hydrogen) atoms. The SMILES string of the molecule is CC(C)(C)CCn1ccc(CNC(C)(C)C)n1. The lowest BCUT2D eigenvalue weighted by Gasteiger charge is -2.19. The summed E-state index contributed by atoms with van der Waals surface area (Å²) in [5.41, 5.74) is 1.64. The van der Waals surface area contributed by atoms with E-state index in [9.17, 15) is 0 Å². The molecule has 1 aromatic rings. The molecule has 0 aliphatic heterocycles. The standard InChI is InChI=1S/C14H27N3/c1-13(2,3)8-10-17-9-7-12(16-17)11-15-14(4,5)6/h7,9,15H,8,10-11H2,1-6H3. The van der Waals surface area contributed by atoms with E-state index >= 15 is 0 Å². The Morgan fingerprint density at radius 3 is 2.35 bits per heavy atom. The lowest BCUT2D eigenvalue weighted by Crippen LogP contribution is -2.35. The van der Waals surface area contributed by atoms with Gasteiger partial charge in [-0.2, -0.15) is 5.10 Å². The lowest BCUT2D eigenvalue weighted by molar-refractivity contribution is 0.339. The minimum atomic E-state index is 0.148. The molecule has 0 atom stereocenters. The molecule has 1 aromatic heterocycles. The first-order valence-corrected chi connectivity index (χ1v) is 6.43. The van der Waals surface area contributed by atoms with Crippen LogP contribution in [0.15, 0.2) is 12.3 Å². The molecular weight excluding hydrogens is 210 g/mol. The Balaban J connectivity index is 2.43. The van der Waals surface area contributed by atoms with Crippen molar-refractivity contribution in [3.8, 4) is 0 Å². The molecule has 0 radical (unpaired) electrons. The molecule has 0 bridgehead atoms. The summed E-state index contributed by atoms with van der Waals surface area (Å²) in [5, 5.41) is 8.02. The summed E-state index contributed by atoms with van der Waals surface area (Å²) in [4.78, 5) is 0. The molecule has 1 rings (SSSR count). The number of nitrogens with zero attached hydrogens (tertiary/aromatic N) is 2. The first-order chi connectivity index (χ1) is 7.66. The predicted octanol–water partition coefficient (Wildman–Crippen LogP) is 3.21. The molecule has 3 heteroatoms. The van der Waals surface area contributed by atoms with E-state index in [1.807, 2.05) is 4.68 Å². The minimum absolute atomic E-state index is 0.148. The van der Waals surface area contributed by atoms with Crippen LogP contribution in [0.2, 0.25) is 0 Å². The van der Waals surface area contributed by atoms with Crippen LogP contribution in [0.25, 0.3) is 0 Å². The maximum atomic E-state index is 4.57. The normalized spacial score (nSPS) is 13.1. The van der Waals surface area contributed by atoms with Gasteiger partial charge in [0.1, 0.15) is 0 Å². The van der Waals surface area contributed by atoms with Crippen molar-refractivity contribution in [2.45, 2.75) is 66.6 Å². The Kier molecular flexibility index (Phi) is 4.36. The summed E-state index contributed by atoms with van der Waals surface area (Å²) in [7, 11) is 0. The fraction of sp³-hybridized carbons (Fsp3) is 0.786. The highest BCUT2D eigenvalue weighted by Gasteiger charge is 2.11. The van der Waals surface area contributed by atoms with E-state index in [1.54, 1.807) is 0 Å². The third-order valence-corrected chi connectivity index (χ3v) is 2.59. The number of hydrogen-bond donors (Lipinski definition) is 1. The minimum Gasteiger partial charge on any atom is -0.306 e. The predicted molar refractivity (Wildman–Crippen MR) is 72.9 cm³/mol. The van der Waals surface area contributed by atoms with Crippen molar-refractivity contribution in [3.05, 3.63) is 18.0 Å². The second-order valence-corrected chi connectivity index (χ2v) is 6.98. The van der Waals surface area contributed by atoms with E-state index in [1.165, 1.54) is 0 Å². The van der Waals surface area contributed by atoms with Crippen molar-refractivity contribution in [1.82, 2.24) is 15.1 Å². The molecule has 0 fully saturated rings. The van der Waals surface area contributed by atoms with Crippen LogP contribution >= 0.6 is 0 Å². The molecule has 0 unspecified atom stereocenters. The van der Waals surface area contributed by atoms with Crippen molar-refractivity contribution in [3.63, 3.8) is 0 Å². The van der Waals surface area contributed by atoms with Crippen molar-refractivity contribution >= 4 is 0 Å². The van der Waals surface area contributed by atoms with Crippen molar-refractivity contribution in [2.75, 3.05) is 0 Å². The topological polar surface area (TPSA) is 29.9 Å². The van der Waals surface area contributed by atoms with Gasteiger partial charge in [0.25, 0.3) is 0 Å². The highest BCUT2D eigenvalue weighted by Crippen LogP contribution is 2.19. The van der Waals surface area contributed by atoms with Crippen molar-refractivity contribution < 1.29 is 0 Å². The molecule has 98 valence electrons. The van der Waals surface area contributed by atoms with Gasteiger partial charge in [-0.3, -0.25) is 4.68 Å². The van der Waals surface area contributed by atoms with Gasteiger partial charge in [-0.1, -0.05) is 20.8 Å². The monoisotopic (exact) mass is 237 g/mol. The third kappa shape index (κ3) is 6.47. The van der Waals surface area contributed by atoms with Crippen LogP contribution in [0, 0.1) is 5.41 Å². The van der Waals surface area contributed by atoms with Gasteiger partial charge >= 0.3 is 0 Å². The van der Waals surface area contributed by atoms with E-state index < -0.39 is 0 Å². The quantitative estimate of drug-likeness (QED) is 0.871. The summed E-state index contributed by atoms with van der Waals surface area (Å²) < 4.78 is 2.05. The fourth-order valence-corrected chi connectivity index (χ4v) is 1.43. The Hall–Kier alpha value is -0.830. The van der Waals surface area contributed by atoms with E-state index in [0.717, 1.165) is 25.2 Å². The summed E-state index contributed by atoms with van der Waals surface area (Å²) in [5.74, 6) is 0. The highest BCUT2D eigenvalue weighted by molar-refractivity contribution is 4.99. The van der Waals surface area contributed by atoms with Crippen LogP contribution in [-0.2, 0) is 13.1 Å². The number of hydrogen-bond acceptors (Lipinski definition) is 2. The molecule has 0 aliphatic carbocycles. The third-order valence-electron chi connectivity index (χ3n) is 2.59.